The van der Waals surface area contributed by atoms with Crippen LogP contribution < -0.4 is 0 Å². The van der Waals surface area contributed by atoms with Crippen molar-refractivity contribution in [2.24, 2.45) is 0 Å². The fourth-order valence-electron chi connectivity index (χ4n) is 3.27. The van der Waals surface area contributed by atoms with Crippen LogP contribution in [0.15, 0.2) is 30.3 Å². The normalized spacial score (nSPS) is 33.7. The lowest BCUT2D eigenvalue weighted by Crippen LogP contribution is -2.55. The van der Waals surface area contributed by atoms with Crippen LogP contribution in [0.5, 0.6) is 0 Å². The zero-order valence-corrected chi connectivity index (χ0v) is 11.8. The third-order valence-electron chi connectivity index (χ3n) is 4.70. The van der Waals surface area contributed by atoms with Gasteiger partial charge in [0.05, 0.1) is 12.7 Å². The average Bonchev–Trinajstić information content (AvgIpc) is 2.80. The molecule has 104 valence electrons. The Morgan fingerprint density at radius 2 is 2.05 bits per heavy atom. The van der Waals surface area contributed by atoms with Gasteiger partial charge in [-0.25, -0.2) is 0 Å². The molecule has 3 atom stereocenters. The lowest BCUT2D eigenvalue weighted by molar-refractivity contribution is -0.142. The van der Waals surface area contributed by atoms with Gasteiger partial charge in [-0.15, -0.1) is 0 Å². The van der Waals surface area contributed by atoms with Gasteiger partial charge in [-0.3, -0.25) is 4.90 Å². The summed E-state index contributed by atoms with van der Waals surface area (Å²) in [6.45, 7) is 8.05. The topological polar surface area (TPSA) is 21.7 Å². The van der Waals surface area contributed by atoms with Gasteiger partial charge in [-0.05, 0) is 19.4 Å². The molecule has 0 unspecified atom stereocenters. The van der Waals surface area contributed by atoms with Crippen LogP contribution in [0.2, 0.25) is 0 Å². The van der Waals surface area contributed by atoms with Gasteiger partial charge < -0.3 is 9.47 Å². The number of morpholine rings is 1. The van der Waals surface area contributed by atoms with Gasteiger partial charge in [0.25, 0.3) is 0 Å². The Hall–Kier alpha value is -0.900. The molecule has 0 N–H and O–H groups in total. The van der Waals surface area contributed by atoms with Gasteiger partial charge in [0.2, 0.25) is 0 Å². The maximum Gasteiger partial charge on any atom is 0.109 e. The van der Waals surface area contributed by atoms with Crippen molar-refractivity contribution < 1.29 is 9.47 Å². The van der Waals surface area contributed by atoms with Crippen molar-refractivity contribution in [3.8, 4) is 0 Å². The highest BCUT2D eigenvalue weighted by Gasteiger charge is 2.46. The van der Waals surface area contributed by atoms with Gasteiger partial charge >= 0.3 is 0 Å². The molecule has 0 aliphatic carbocycles. The van der Waals surface area contributed by atoms with Crippen LogP contribution >= 0.6 is 0 Å². The van der Waals surface area contributed by atoms with Crippen LogP contribution in [0.3, 0.4) is 0 Å². The molecule has 0 radical (unpaired) electrons. The van der Waals surface area contributed by atoms with Gasteiger partial charge in [-0.2, -0.15) is 0 Å². The zero-order chi connectivity index (χ0) is 13.3. The van der Waals surface area contributed by atoms with E-state index in [-0.39, 0.29) is 11.7 Å². The Bertz CT molecular complexity index is 422. The van der Waals surface area contributed by atoms with Gasteiger partial charge in [0, 0.05) is 32.2 Å². The SMILES string of the molecule is C[C@H](c1ccccc1)N1CCO[C@@]2(CCO[C@@H]2C)C1. The molecular weight excluding hydrogens is 238 g/mol. The highest BCUT2D eigenvalue weighted by atomic mass is 16.6. The van der Waals surface area contributed by atoms with E-state index < -0.39 is 0 Å². The van der Waals surface area contributed by atoms with Gasteiger partial charge in [-0.1, -0.05) is 30.3 Å². The van der Waals surface area contributed by atoms with Crippen LogP contribution in [0.25, 0.3) is 0 Å². The average molecular weight is 261 g/mol. The molecule has 2 saturated heterocycles. The van der Waals surface area contributed by atoms with Crippen molar-refractivity contribution in [1.29, 1.82) is 0 Å². The summed E-state index contributed by atoms with van der Waals surface area (Å²) in [4.78, 5) is 2.53. The van der Waals surface area contributed by atoms with E-state index in [2.05, 4.69) is 49.1 Å². The molecule has 3 heteroatoms. The van der Waals surface area contributed by atoms with E-state index in [1.807, 2.05) is 0 Å². The molecule has 1 aromatic carbocycles. The van der Waals surface area contributed by atoms with E-state index in [0.29, 0.717) is 6.04 Å². The van der Waals surface area contributed by atoms with Crippen molar-refractivity contribution >= 4 is 0 Å². The fourth-order valence-corrected chi connectivity index (χ4v) is 3.27. The highest BCUT2D eigenvalue weighted by molar-refractivity contribution is 5.18. The van der Waals surface area contributed by atoms with Crippen molar-refractivity contribution in [3.05, 3.63) is 35.9 Å². The van der Waals surface area contributed by atoms with Crippen molar-refractivity contribution in [2.75, 3.05) is 26.3 Å². The first-order valence-corrected chi connectivity index (χ1v) is 7.26. The maximum atomic E-state index is 6.09. The Morgan fingerprint density at radius 3 is 2.74 bits per heavy atom. The summed E-state index contributed by atoms with van der Waals surface area (Å²) in [6, 6.07) is 11.2. The molecule has 1 aromatic rings. The highest BCUT2D eigenvalue weighted by Crippen LogP contribution is 2.35. The minimum absolute atomic E-state index is 0.0821. The molecular formula is C16H23NO2. The van der Waals surface area contributed by atoms with Crippen LogP contribution in [0.4, 0.5) is 0 Å². The smallest absolute Gasteiger partial charge is 0.109 e. The minimum Gasteiger partial charge on any atom is -0.375 e. The largest absolute Gasteiger partial charge is 0.375 e. The maximum absolute atomic E-state index is 6.09. The van der Waals surface area contributed by atoms with E-state index >= 15 is 0 Å². The summed E-state index contributed by atoms with van der Waals surface area (Å²) in [7, 11) is 0. The van der Waals surface area contributed by atoms with Crippen LogP contribution in [0.1, 0.15) is 31.9 Å². The van der Waals surface area contributed by atoms with Crippen LogP contribution in [0, 0.1) is 0 Å². The molecule has 1 spiro atoms. The summed E-state index contributed by atoms with van der Waals surface area (Å²) in [5, 5.41) is 0. The lowest BCUT2D eigenvalue weighted by Gasteiger charge is -2.44. The monoisotopic (exact) mass is 261 g/mol. The van der Waals surface area contributed by atoms with Gasteiger partial charge in [0.1, 0.15) is 5.60 Å². The molecule has 2 aliphatic heterocycles. The Morgan fingerprint density at radius 1 is 1.26 bits per heavy atom. The molecule has 2 aliphatic rings. The molecule has 0 saturated carbocycles. The van der Waals surface area contributed by atoms with E-state index in [4.69, 9.17) is 9.47 Å². The number of rotatable bonds is 2. The first kappa shape index (κ1) is 13.1. The van der Waals surface area contributed by atoms with Gasteiger partial charge in [0.15, 0.2) is 0 Å². The second-order valence-corrected chi connectivity index (χ2v) is 5.73. The summed E-state index contributed by atoms with van der Waals surface area (Å²) >= 11 is 0. The molecule has 0 amide bonds. The first-order valence-electron chi connectivity index (χ1n) is 7.26. The second-order valence-electron chi connectivity index (χ2n) is 5.73. The number of ether oxygens (including phenoxy) is 2. The third kappa shape index (κ3) is 2.42. The van der Waals surface area contributed by atoms with Crippen molar-refractivity contribution in [3.63, 3.8) is 0 Å². The summed E-state index contributed by atoms with van der Waals surface area (Å²) in [5.41, 5.74) is 1.30. The predicted molar refractivity (Wildman–Crippen MR) is 75.1 cm³/mol. The zero-order valence-electron chi connectivity index (χ0n) is 11.8. The van der Waals surface area contributed by atoms with E-state index in [0.717, 1.165) is 32.7 Å². The molecule has 2 fully saturated rings. The Labute approximate surface area is 115 Å². The third-order valence-corrected chi connectivity index (χ3v) is 4.70. The first-order chi connectivity index (χ1) is 9.21. The van der Waals surface area contributed by atoms with Crippen LogP contribution in [-0.2, 0) is 9.47 Å². The van der Waals surface area contributed by atoms with Crippen molar-refractivity contribution in [2.45, 2.75) is 38.0 Å². The minimum atomic E-state index is -0.0821. The fraction of sp³-hybridized carbons (Fsp3) is 0.625. The second kappa shape index (κ2) is 5.23. The standard InChI is InChI=1S/C16H23NO2/c1-13(15-6-4-3-5-7-15)17-9-11-19-16(12-17)8-10-18-14(16)2/h3-7,13-14H,8-12H2,1-2H3/t13-,14-,16+/m1/s1. The quantitative estimate of drug-likeness (QED) is 0.817. The number of hydrogen-bond donors (Lipinski definition) is 0. The number of hydrogen-bond acceptors (Lipinski definition) is 3. The summed E-state index contributed by atoms with van der Waals surface area (Å²) in [5.74, 6) is 0. The predicted octanol–water partition coefficient (Wildman–Crippen LogP) is 2.63. The van der Waals surface area contributed by atoms with E-state index in [1.165, 1.54) is 5.56 Å². The van der Waals surface area contributed by atoms with E-state index in [1.54, 1.807) is 0 Å². The summed E-state index contributed by atoms with van der Waals surface area (Å²) < 4.78 is 11.8. The number of nitrogens with zero attached hydrogens (tertiary/aromatic N) is 1. The summed E-state index contributed by atoms with van der Waals surface area (Å²) in [6.07, 6.45) is 1.23. The van der Waals surface area contributed by atoms with Crippen LogP contribution in [-0.4, -0.2) is 42.9 Å². The molecule has 2 heterocycles. The molecule has 3 rings (SSSR count). The van der Waals surface area contributed by atoms with Crippen molar-refractivity contribution in [1.82, 2.24) is 4.90 Å². The molecule has 0 aromatic heterocycles. The lowest BCUT2D eigenvalue weighted by atomic mass is 9.92. The molecule has 19 heavy (non-hydrogen) atoms. The number of benzene rings is 1. The molecule has 0 bridgehead atoms. The van der Waals surface area contributed by atoms with E-state index in [9.17, 15) is 0 Å². The Kier molecular flexibility index (Phi) is 3.61. The molecule has 3 nitrogen and oxygen atoms in total. The Balaban J connectivity index is 1.75.